The number of halogens is 2. The number of carbonyl (C=O) groups excluding carboxylic acids is 1. The zero-order valence-corrected chi connectivity index (χ0v) is 16.9. The van der Waals surface area contributed by atoms with Crippen LogP contribution in [0.5, 0.6) is 0 Å². The van der Waals surface area contributed by atoms with Crippen LogP contribution >= 0.6 is 28.3 Å². The number of aryl methyl sites for hydroxylation is 1. The summed E-state index contributed by atoms with van der Waals surface area (Å²) < 4.78 is 6.73. The molecule has 3 rings (SSSR count). The second kappa shape index (κ2) is 8.77. The fraction of sp³-hybridized carbons (Fsp3) is 0.263. The SMILES string of the molecule is Cc1ncc(CNCC(C)O)c2cc(C(=O)c3ccc(Br)cc3)oc12.Cl. The highest BCUT2D eigenvalue weighted by Crippen LogP contribution is 2.26. The van der Waals surface area contributed by atoms with E-state index < -0.39 is 6.10 Å². The molecule has 0 aliphatic carbocycles. The van der Waals surface area contributed by atoms with E-state index in [0.717, 1.165) is 21.1 Å². The van der Waals surface area contributed by atoms with Gasteiger partial charge in [-0.25, -0.2) is 0 Å². The predicted octanol–water partition coefficient (Wildman–Crippen LogP) is 4.02. The Bertz CT molecular complexity index is 907. The zero-order chi connectivity index (χ0) is 18.0. The number of rotatable bonds is 6. The van der Waals surface area contributed by atoms with Gasteiger partial charge in [0.15, 0.2) is 11.3 Å². The smallest absolute Gasteiger partial charge is 0.228 e. The van der Waals surface area contributed by atoms with Crippen LogP contribution in [0.15, 0.2) is 45.4 Å². The minimum Gasteiger partial charge on any atom is -0.451 e. The Morgan fingerprint density at radius 2 is 2.04 bits per heavy atom. The van der Waals surface area contributed by atoms with E-state index in [4.69, 9.17) is 4.42 Å². The lowest BCUT2D eigenvalue weighted by molar-refractivity contribution is 0.101. The Morgan fingerprint density at radius 3 is 2.69 bits per heavy atom. The van der Waals surface area contributed by atoms with Crippen molar-refractivity contribution in [2.45, 2.75) is 26.5 Å². The summed E-state index contributed by atoms with van der Waals surface area (Å²) in [7, 11) is 0. The van der Waals surface area contributed by atoms with Crippen molar-refractivity contribution in [3.05, 3.63) is 63.6 Å². The van der Waals surface area contributed by atoms with Crippen molar-refractivity contribution in [2.24, 2.45) is 0 Å². The van der Waals surface area contributed by atoms with Gasteiger partial charge in [-0.15, -0.1) is 12.4 Å². The van der Waals surface area contributed by atoms with Gasteiger partial charge in [0.2, 0.25) is 5.78 Å². The number of furan rings is 1. The third-order valence-electron chi connectivity index (χ3n) is 3.91. The summed E-state index contributed by atoms with van der Waals surface area (Å²) in [6.45, 7) is 4.60. The molecule has 1 aromatic carbocycles. The largest absolute Gasteiger partial charge is 0.451 e. The van der Waals surface area contributed by atoms with Crippen LogP contribution in [0.25, 0.3) is 11.0 Å². The summed E-state index contributed by atoms with van der Waals surface area (Å²) in [4.78, 5) is 17.0. The Balaban J connectivity index is 0.00000243. The van der Waals surface area contributed by atoms with Crippen LogP contribution in [0, 0.1) is 6.92 Å². The highest BCUT2D eigenvalue weighted by atomic mass is 79.9. The maximum atomic E-state index is 12.7. The van der Waals surface area contributed by atoms with Crippen LogP contribution in [0.1, 0.15) is 34.3 Å². The van der Waals surface area contributed by atoms with Crippen molar-refractivity contribution in [3.63, 3.8) is 0 Å². The number of ketones is 1. The highest BCUT2D eigenvalue weighted by Gasteiger charge is 2.18. The molecule has 0 fully saturated rings. The third kappa shape index (κ3) is 4.51. The number of carbonyl (C=O) groups is 1. The molecule has 0 aliphatic heterocycles. The van der Waals surface area contributed by atoms with E-state index in [1.807, 2.05) is 19.1 Å². The lowest BCUT2D eigenvalue weighted by Gasteiger charge is -2.07. The van der Waals surface area contributed by atoms with Crippen LogP contribution < -0.4 is 5.32 Å². The van der Waals surface area contributed by atoms with Crippen molar-refractivity contribution in [1.82, 2.24) is 10.3 Å². The van der Waals surface area contributed by atoms with Gasteiger partial charge in [-0.05, 0) is 49.7 Å². The van der Waals surface area contributed by atoms with Crippen molar-refractivity contribution >= 4 is 45.1 Å². The van der Waals surface area contributed by atoms with Crippen LogP contribution in [0.3, 0.4) is 0 Å². The first-order valence-corrected chi connectivity index (χ1v) is 8.82. The second-order valence-electron chi connectivity index (χ2n) is 6.04. The molecule has 0 spiro atoms. The molecule has 0 bridgehead atoms. The van der Waals surface area contributed by atoms with Gasteiger partial charge in [0.25, 0.3) is 0 Å². The molecule has 2 heterocycles. The number of benzene rings is 1. The molecule has 3 aromatic rings. The molecule has 7 heteroatoms. The van der Waals surface area contributed by atoms with Crippen LogP contribution in [-0.4, -0.2) is 28.5 Å². The van der Waals surface area contributed by atoms with E-state index in [0.29, 0.717) is 30.0 Å². The standard InChI is InChI=1S/C19H19BrN2O3.ClH/c1-11(23)8-21-9-14-10-22-12(2)19-16(14)7-17(25-19)18(24)13-3-5-15(20)6-4-13;/h3-7,10-11,21,23H,8-9H2,1-2H3;1H. The van der Waals surface area contributed by atoms with Gasteiger partial charge in [0, 0.05) is 34.7 Å². The first kappa shape index (κ1) is 20.6. The van der Waals surface area contributed by atoms with Crippen LogP contribution in [-0.2, 0) is 6.54 Å². The number of aliphatic hydroxyl groups excluding tert-OH is 1. The van der Waals surface area contributed by atoms with Gasteiger partial charge < -0.3 is 14.8 Å². The number of hydrogen-bond acceptors (Lipinski definition) is 5. The topological polar surface area (TPSA) is 75.4 Å². The monoisotopic (exact) mass is 438 g/mol. The molecule has 0 amide bonds. The van der Waals surface area contributed by atoms with Crippen LogP contribution in [0.2, 0.25) is 0 Å². The number of aliphatic hydroxyl groups is 1. The molecule has 1 unspecified atom stereocenters. The van der Waals surface area contributed by atoms with Gasteiger partial charge >= 0.3 is 0 Å². The average Bonchev–Trinajstić information content (AvgIpc) is 3.03. The molecule has 2 aromatic heterocycles. The molecule has 1 atom stereocenters. The Hall–Kier alpha value is -1.73. The maximum absolute atomic E-state index is 12.7. The normalized spacial score (nSPS) is 12.0. The first-order valence-electron chi connectivity index (χ1n) is 8.03. The molecule has 0 radical (unpaired) electrons. The summed E-state index contributed by atoms with van der Waals surface area (Å²) in [5.41, 5.74) is 2.86. The van der Waals surface area contributed by atoms with Crippen molar-refractivity contribution in [1.29, 1.82) is 0 Å². The first-order chi connectivity index (χ1) is 12.0. The van der Waals surface area contributed by atoms with Crippen molar-refractivity contribution in [2.75, 3.05) is 6.54 Å². The van der Waals surface area contributed by atoms with Gasteiger partial charge in [-0.1, -0.05) is 15.9 Å². The van der Waals surface area contributed by atoms with E-state index in [1.54, 1.807) is 31.3 Å². The lowest BCUT2D eigenvalue weighted by Crippen LogP contribution is -2.24. The summed E-state index contributed by atoms with van der Waals surface area (Å²) in [6.07, 6.45) is 1.35. The van der Waals surface area contributed by atoms with E-state index in [9.17, 15) is 9.90 Å². The molecule has 0 saturated carbocycles. The van der Waals surface area contributed by atoms with E-state index in [-0.39, 0.29) is 18.2 Å². The van der Waals surface area contributed by atoms with Crippen molar-refractivity contribution < 1.29 is 14.3 Å². The van der Waals surface area contributed by atoms with E-state index in [1.165, 1.54) is 0 Å². The van der Waals surface area contributed by atoms with Crippen molar-refractivity contribution in [3.8, 4) is 0 Å². The summed E-state index contributed by atoms with van der Waals surface area (Å²) in [5.74, 6) is 0.135. The summed E-state index contributed by atoms with van der Waals surface area (Å²) in [5, 5.41) is 13.4. The Kier molecular flexibility index (Phi) is 6.94. The Labute approximate surface area is 166 Å². The minimum absolute atomic E-state index is 0. The zero-order valence-electron chi connectivity index (χ0n) is 14.5. The molecule has 2 N–H and O–H groups in total. The molecule has 138 valence electrons. The summed E-state index contributed by atoms with van der Waals surface area (Å²) >= 11 is 3.36. The average molecular weight is 440 g/mol. The fourth-order valence-electron chi connectivity index (χ4n) is 2.61. The number of aromatic nitrogens is 1. The molecular formula is C19H20BrClN2O3. The molecule has 0 aliphatic rings. The molecule has 0 saturated heterocycles. The number of nitrogens with one attached hydrogen (secondary N) is 1. The molecular weight excluding hydrogens is 420 g/mol. The maximum Gasteiger partial charge on any atom is 0.228 e. The van der Waals surface area contributed by atoms with Gasteiger partial charge in [-0.2, -0.15) is 0 Å². The minimum atomic E-state index is -0.423. The van der Waals surface area contributed by atoms with Crippen LogP contribution in [0.4, 0.5) is 0 Å². The number of fused-ring (bicyclic) bond motifs is 1. The van der Waals surface area contributed by atoms with Gasteiger partial charge in [-0.3, -0.25) is 9.78 Å². The fourth-order valence-corrected chi connectivity index (χ4v) is 2.88. The quantitative estimate of drug-likeness (QED) is 0.567. The number of pyridine rings is 1. The number of nitrogens with zero attached hydrogens (tertiary/aromatic N) is 1. The van der Waals surface area contributed by atoms with E-state index in [2.05, 4.69) is 26.2 Å². The Morgan fingerprint density at radius 1 is 1.35 bits per heavy atom. The molecule has 5 nitrogen and oxygen atoms in total. The predicted molar refractivity (Wildman–Crippen MR) is 107 cm³/mol. The third-order valence-corrected chi connectivity index (χ3v) is 4.43. The number of hydrogen-bond donors (Lipinski definition) is 2. The van der Waals surface area contributed by atoms with Gasteiger partial charge in [0.1, 0.15) is 0 Å². The van der Waals surface area contributed by atoms with Gasteiger partial charge in [0.05, 0.1) is 11.8 Å². The summed E-state index contributed by atoms with van der Waals surface area (Å²) in [6, 6.07) is 8.95. The molecule has 26 heavy (non-hydrogen) atoms. The highest BCUT2D eigenvalue weighted by molar-refractivity contribution is 9.10. The lowest BCUT2D eigenvalue weighted by atomic mass is 10.1. The second-order valence-corrected chi connectivity index (χ2v) is 6.95. The van der Waals surface area contributed by atoms with E-state index >= 15 is 0 Å².